The number of ketones is 2. The van der Waals surface area contributed by atoms with E-state index < -0.39 is 23.5 Å². The first kappa shape index (κ1) is 15.2. The molecule has 0 aromatic rings. The van der Waals surface area contributed by atoms with E-state index >= 15 is 0 Å². The van der Waals surface area contributed by atoms with E-state index in [9.17, 15) is 14.4 Å². The van der Waals surface area contributed by atoms with Gasteiger partial charge in [-0.3, -0.25) is 14.4 Å². The largest absolute Gasteiger partial charge is 0.480 e. The van der Waals surface area contributed by atoms with Crippen molar-refractivity contribution >= 4 is 17.5 Å². The van der Waals surface area contributed by atoms with Gasteiger partial charge >= 0.3 is 5.97 Å². The Labute approximate surface area is 82.3 Å². The molecular weight excluding hydrogens is 188 g/mol. The van der Waals surface area contributed by atoms with Gasteiger partial charge in [0.05, 0.1) is 0 Å². The van der Waals surface area contributed by atoms with Crippen LogP contribution in [0.25, 0.3) is 0 Å². The SMILES string of the molecule is CC(=O)C(C(C)=O)C(=O)O.NCCN. The van der Waals surface area contributed by atoms with Crippen LogP contribution in [0.5, 0.6) is 0 Å². The molecule has 0 unspecified atom stereocenters. The highest BCUT2D eigenvalue weighted by Crippen LogP contribution is 1.99. The molecule has 0 amide bonds. The van der Waals surface area contributed by atoms with Gasteiger partial charge < -0.3 is 16.6 Å². The van der Waals surface area contributed by atoms with E-state index in [1.165, 1.54) is 0 Å². The zero-order valence-corrected chi connectivity index (χ0v) is 8.32. The van der Waals surface area contributed by atoms with Crippen molar-refractivity contribution in [1.82, 2.24) is 0 Å². The van der Waals surface area contributed by atoms with Crippen molar-refractivity contribution in [1.29, 1.82) is 0 Å². The number of rotatable bonds is 4. The van der Waals surface area contributed by atoms with Gasteiger partial charge in [-0.2, -0.15) is 0 Å². The molecule has 0 aliphatic rings. The Morgan fingerprint density at radius 3 is 1.36 bits per heavy atom. The molecule has 5 N–H and O–H groups in total. The van der Waals surface area contributed by atoms with Crippen molar-refractivity contribution in [2.45, 2.75) is 13.8 Å². The average molecular weight is 204 g/mol. The maximum Gasteiger partial charge on any atom is 0.321 e. The molecule has 0 bridgehead atoms. The summed E-state index contributed by atoms with van der Waals surface area (Å²) >= 11 is 0. The van der Waals surface area contributed by atoms with E-state index in [0.29, 0.717) is 13.1 Å². The minimum Gasteiger partial charge on any atom is -0.480 e. The first-order valence-corrected chi connectivity index (χ1v) is 4.02. The molecule has 0 fully saturated rings. The normalized spacial score (nSPS) is 8.93. The summed E-state index contributed by atoms with van der Waals surface area (Å²) < 4.78 is 0. The van der Waals surface area contributed by atoms with Crippen LogP contribution in [-0.4, -0.2) is 35.7 Å². The van der Waals surface area contributed by atoms with E-state index in [2.05, 4.69) is 0 Å². The summed E-state index contributed by atoms with van der Waals surface area (Å²) in [5.74, 6) is -4.10. The molecule has 0 atom stereocenters. The Bertz CT molecular complexity index is 180. The molecular formula is C8H16N2O4. The Hall–Kier alpha value is -1.27. The Morgan fingerprint density at radius 2 is 1.36 bits per heavy atom. The number of aliphatic carboxylic acids is 1. The average Bonchev–Trinajstić information content (AvgIpc) is 2.02. The highest BCUT2D eigenvalue weighted by atomic mass is 16.4. The molecule has 6 heteroatoms. The molecule has 0 saturated carbocycles. The summed E-state index contributed by atoms with van der Waals surface area (Å²) in [4.78, 5) is 31.0. The summed E-state index contributed by atoms with van der Waals surface area (Å²) in [5, 5.41) is 8.27. The van der Waals surface area contributed by atoms with Crippen molar-refractivity contribution < 1.29 is 19.5 Å². The summed E-state index contributed by atoms with van der Waals surface area (Å²) in [6.45, 7) is 3.36. The summed E-state index contributed by atoms with van der Waals surface area (Å²) in [5.41, 5.74) is 9.81. The van der Waals surface area contributed by atoms with Gasteiger partial charge in [-0.05, 0) is 13.8 Å². The minimum atomic E-state index is -1.47. The number of carboxylic acids is 1. The maximum atomic E-state index is 10.4. The second-order valence-corrected chi connectivity index (χ2v) is 2.57. The van der Waals surface area contributed by atoms with Gasteiger partial charge in [0.2, 0.25) is 0 Å². The second-order valence-electron chi connectivity index (χ2n) is 2.57. The molecule has 0 rings (SSSR count). The third-order valence-corrected chi connectivity index (χ3v) is 1.23. The van der Waals surface area contributed by atoms with Gasteiger partial charge in [-0.15, -0.1) is 0 Å². The van der Waals surface area contributed by atoms with Gasteiger partial charge in [0, 0.05) is 13.1 Å². The van der Waals surface area contributed by atoms with Gasteiger partial charge in [-0.1, -0.05) is 0 Å². The molecule has 0 aromatic carbocycles. The van der Waals surface area contributed by atoms with Crippen molar-refractivity contribution in [3.63, 3.8) is 0 Å². The smallest absolute Gasteiger partial charge is 0.321 e. The van der Waals surface area contributed by atoms with E-state index in [1.54, 1.807) is 0 Å². The summed E-state index contributed by atoms with van der Waals surface area (Å²) in [6, 6.07) is 0. The molecule has 0 radical (unpaired) electrons. The predicted octanol–water partition coefficient (Wildman–Crippen LogP) is -1.23. The van der Waals surface area contributed by atoms with Crippen LogP contribution in [0.15, 0.2) is 0 Å². The standard InChI is InChI=1S/C6H8O4.C2H8N2/c1-3(7)5(4(2)8)6(9)10;3-1-2-4/h5H,1-2H3,(H,9,10);1-4H2. The lowest BCUT2D eigenvalue weighted by molar-refractivity contribution is -0.149. The summed E-state index contributed by atoms with van der Waals surface area (Å²) in [7, 11) is 0. The number of carboxylic acid groups (broad SMARTS) is 1. The fraction of sp³-hybridized carbons (Fsp3) is 0.625. The van der Waals surface area contributed by atoms with Crippen molar-refractivity contribution in [3.05, 3.63) is 0 Å². The van der Waals surface area contributed by atoms with Crippen LogP contribution >= 0.6 is 0 Å². The number of carbonyl (C=O) groups is 3. The van der Waals surface area contributed by atoms with E-state index in [0.717, 1.165) is 13.8 Å². The lowest BCUT2D eigenvalue weighted by atomic mass is 10.0. The Morgan fingerprint density at radius 1 is 1.07 bits per heavy atom. The second kappa shape index (κ2) is 8.33. The zero-order chi connectivity index (χ0) is 11.7. The van der Waals surface area contributed by atoms with Crippen LogP contribution in [0.2, 0.25) is 0 Å². The van der Waals surface area contributed by atoms with Crippen LogP contribution in [0.4, 0.5) is 0 Å². The molecule has 0 saturated heterocycles. The first-order valence-electron chi connectivity index (χ1n) is 4.02. The minimum absolute atomic E-state index is 0.597. The molecule has 0 aliphatic carbocycles. The third kappa shape index (κ3) is 7.38. The van der Waals surface area contributed by atoms with E-state index in [4.69, 9.17) is 16.6 Å². The summed E-state index contributed by atoms with van der Waals surface area (Å²) in [6.07, 6.45) is 0. The topological polar surface area (TPSA) is 123 Å². The van der Waals surface area contributed by atoms with Crippen LogP contribution in [0.1, 0.15) is 13.8 Å². The fourth-order valence-corrected chi connectivity index (χ4v) is 0.634. The Balaban J connectivity index is 0. The van der Waals surface area contributed by atoms with Crippen LogP contribution < -0.4 is 11.5 Å². The van der Waals surface area contributed by atoms with Crippen LogP contribution in [0, 0.1) is 5.92 Å². The zero-order valence-electron chi connectivity index (χ0n) is 8.32. The number of hydrogen-bond donors (Lipinski definition) is 3. The monoisotopic (exact) mass is 204 g/mol. The Kier molecular flexibility index (Phi) is 9.06. The predicted molar refractivity (Wildman–Crippen MR) is 50.6 cm³/mol. The molecule has 0 heterocycles. The number of carbonyl (C=O) groups excluding carboxylic acids is 2. The van der Waals surface area contributed by atoms with Gasteiger partial charge in [0.1, 0.15) is 0 Å². The van der Waals surface area contributed by atoms with Gasteiger partial charge in [0.15, 0.2) is 17.5 Å². The molecule has 0 aliphatic heterocycles. The highest BCUT2D eigenvalue weighted by molar-refractivity contribution is 6.15. The maximum absolute atomic E-state index is 10.4. The lowest BCUT2D eigenvalue weighted by Gasteiger charge is -2.01. The molecule has 82 valence electrons. The van der Waals surface area contributed by atoms with Crippen molar-refractivity contribution in [2.75, 3.05) is 13.1 Å². The van der Waals surface area contributed by atoms with Gasteiger partial charge in [-0.25, -0.2) is 0 Å². The first-order chi connectivity index (χ1) is 6.38. The molecule has 0 aromatic heterocycles. The van der Waals surface area contributed by atoms with E-state index in [-0.39, 0.29) is 0 Å². The van der Waals surface area contributed by atoms with Crippen molar-refractivity contribution in [2.24, 2.45) is 17.4 Å². The molecule has 6 nitrogen and oxygen atoms in total. The number of nitrogens with two attached hydrogens (primary N) is 2. The number of Topliss-reactive ketones (excluding diaryl/α,β-unsaturated/α-hetero) is 2. The van der Waals surface area contributed by atoms with Crippen molar-refractivity contribution in [3.8, 4) is 0 Å². The van der Waals surface area contributed by atoms with E-state index in [1.807, 2.05) is 0 Å². The van der Waals surface area contributed by atoms with Crippen LogP contribution in [0.3, 0.4) is 0 Å². The molecule has 0 spiro atoms. The quantitative estimate of drug-likeness (QED) is 0.492. The highest BCUT2D eigenvalue weighted by Gasteiger charge is 2.26. The van der Waals surface area contributed by atoms with Crippen LogP contribution in [-0.2, 0) is 14.4 Å². The molecule has 14 heavy (non-hydrogen) atoms. The number of hydrogen-bond acceptors (Lipinski definition) is 5. The van der Waals surface area contributed by atoms with Gasteiger partial charge in [0.25, 0.3) is 0 Å². The third-order valence-electron chi connectivity index (χ3n) is 1.23. The fourth-order valence-electron chi connectivity index (χ4n) is 0.634. The lowest BCUT2D eigenvalue weighted by Crippen LogP contribution is -2.27.